The van der Waals surface area contributed by atoms with Crippen molar-refractivity contribution in [3.05, 3.63) is 71.8 Å². The van der Waals surface area contributed by atoms with E-state index in [2.05, 4.69) is 12.2 Å². The number of fused-ring (bicyclic) bond motifs is 1. The van der Waals surface area contributed by atoms with Gasteiger partial charge in [-0.25, -0.2) is 0 Å². The van der Waals surface area contributed by atoms with Crippen molar-refractivity contribution >= 4 is 5.91 Å². The molecule has 2 heterocycles. The Morgan fingerprint density at radius 3 is 2.02 bits per heavy atom. The van der Waals surface area contributed by atoms with Crippen molar-refractivity contribution in [2.75, 3.05) is 6.61 Å². The molecule has 0 radical (unpaired) electrons. The lowest BCUT2D eigenvalue weighted by molar-refractivity contribution is -0.343. The van der Waals surface area contributed by atoms with Crippen LogP contribution in [0.5, 0.6) is 0 Å². The number of benzene rings is 2. The number of aliphatic hydroxyl groups is 1. The summed E-state index contributed by atoms with van der Waals surface area (Å²) in [6.45, 7) is 2.84. The van der Waals surface area contributed by atoms with E-state index in [1.165, 1.54) is 64.2 Å². The van der Waals surface area contributed by atoms with Crippen LogP contribution in [-0.2, 0) is 30.3 Å². The quantitative estimate of drug-likeness (QED) is 0.165. The van der Waals surface area contributed by atoms with Gasteiger partial charge in [0.1, 0.15) is 24.4 Å². The Balaban J connectivity index is 1.23. The van der Waals surface area contributed by atoms with Crippen molar-refractivity contribution in [1.82, 2.24) is 5.32 Å². The van der Waals surface area contributed by atoms with Crippen LogP contribution in [0.15, 0.2) is 60.7 Å². The Bertz CT molecular complexity index is 1020. The summed E-state index contributed by atoms with van der Waals surface area (Å²) in [5, 5.41) is 14.0. The van der Waals surface area contributed by atoms with Gasteiger partial charge in [-0.3, -0.25) is 4.79 Å². The molecule has 2 aliphatic heterocycles. The van der Waals surface area contributed by atoms with E-state index in [1.54, 1.807) is 0 Å². The second-order valence-corrected chi connectivity index (χ2v) is 12.1. The number of nitrogens with one attached hydrogen (secondary N) is 1. The van der Waals surface area contributed by atoms with E-state index in [1.807, 2.05) is 60.7 Å². The van der Waals surface area contributed by atoms with E-state index < -0.39 is 36.9 Å². The maximum absolute atomic E-state index is 13.0. The normalized spacial score (nSPS) is 25.3. The molecule has 1 unspecified atom stereocenters. The second kappa shape index (κ2) is 19.2. The fourth-order valence-electron chi connectivity index (χ4n) is 6.05. The van der Waals surface area contributed by atoms with Crippen LogP contribution in [0.4, 0.5) is 0 Å². The van der Waals surface area contributed by atoms with Crippen LogP contribution in [0.3, 0.4) is 0 Å². The summed E-state index contributed by atoms with van der Waals surface area (Å²) in [5.74, 6) is -0.103. The summed E-state index contributed by atoms with van der Waals surface area (Å²) in [4.78, 5) is 13.0. The van der Waals surface area contributed by atoms with Gasteiger partial charge in [0, 0.05) is 12.0 Å². The van der Waals surface area contributed by atoms with E-state index in [0.29, 0.717) is 13.0 Å². The highest BCUT2D eigenvalue weighted by molar-refractivity contribution is 5.76. The van der Waals surface area contributed by atoms with E-state index in [0.717, 1.165) is 30.4 Å². The Labute approximate surface area is 258 Å². The van der Waals surface area contributed by atoms with Crippen LogP contribution in [0, 0.1) is 0 Å². The van der Waals surface area contributed by atoms with E-state index >= 15 is 0 Å². The molecule has 0 bridgehead atoms. The fraction of sp³-hybridized carbons (Fsp3) is 0.639. The van der Waals surface area contributed by atoms with Crippen molar-refractivity contribution < 1.29 is 28.8 Å². The highest BCUT2D eigenvalue weighted by Gasteiger charge is 2.50. The summed E-state index contributed by atoms with van der Waals surface area (Å²) >= 11 is 0. The molecule has 0 spiro atoms. The highest BCUT2D eigenvalue weighted by atomic mass is 16.7. The smallest absolute Gasteiger partial charge is 0.220 e. The van der Waals surface area contributed by atoms with Gasteiger partial charge in [0.2, 0.25) is 5.91 Å². The molecule has 2 fully saturated rings. The van der Waals surface area contributed by atoms with Gasteiger partial charge in [0.25, 0.3) is 0 Å². The molecule has 2 aromatic carbocycles. The van der Waals surface area contributed by atoms with Crippen molar-refractivity contribution in [2.45, 2.75) is 140 Å². The minimum atomic E-state index is -1.22. The maximum Gasteiger partial charge on any atom is 0.220 e. The molecule has 0 aliphatic carbocycles. The van der Waals surface area contributed by atoms with Crippen molar-refractivity contribution in [2.24, 2.45) is 0 Å². The van der Waals surface area contributed by atoms with Gasteiger partial charge >= 0.3 is 0 Å². The molecule has 2 aromatic rings. The van der Waals surface area contributed by atoms with Crippen molar-refractivity contribution in [1.29, 1.82) is 0 Å². The number of ether oxygens (including phenoxy) is 4. The zero-order valence-corrected chi connectivity index (χ0v) is 26.0. The van der Waals surface area contributed by atoms with E-state index in [9.17, 15) is 9.90 Å². The molecule has 43 heavy (non-hydrogen) atoms. The molecule has 0 saturated carbocycles. The second-order valence-electron chi connectivity index (χ2n) is 12.1. The number of carbonyl (C=O) groups is 1. The lowest BCUT2D eigenvalue weighted by Crippen LogP contribution is -2.67. The van der Waals surface area contributed by atoms with Gasteiger partial charge < -0.3 is 29.4 Å². The lowest BCUT2D eigenvalue weighted by Gasteiger charge is -2.48. The van der Waals surface area contributed by atoms with Gasteiger partial charge in [0.05, 0.1) is 13.2 Å². The van der Waals surface area contributed by atoms with Crippen LogP contribution in [0.1, 0.15) is 114 Å². The first kappa shape index (κ1) is 33.6. The molecule has 6 atom stereocenters. The number of amides is 1. The number of carbonyl (C=O) groups excluding carboxylic acids is 1. The lowest BCUT2D eigenvalue weighted by atomic mass is 9.95. The van der Waals surface area contributed by atoms with Gasteiger partial charge in [0.15, 0.2) is 12.6 Å². The van der Waals surface area contributed by atoms with Gasteiger partial charge in [-0.15, -0.1) is 0 Å². The molecule has 7 heteroatoms. The Kier molecular flexibility index (Phi) is 15.0. The molecule has 7 nitrogen and oxygen atoms in total. The first-order valence-corrected chi connectivity index (χ1v) is 16.8. The van der Waals surface area contributed by atoms with Crippen LogP contribution in [-0.4, -0.2) is 48.3 Å². The van der Waals surface area contributed by atoms with E-state index in [-0.39, 0.29) is 12.5 Å². The predicted octanol–water partition coefficient (Wildman–Crippen LogP) is 7.37. The minimum Gasteiger partial charge on any atom is -0.368 e. The zero-order valence-electron chi connectivity index (χ0n) is 26.0. The third-order valence-electron chi connectivity index (χ3n) is 8.55. The summed E-state index contributed by atoms with van der Waals surface area (Å²) in [7, 11) is 0. The van der Waals surface area contributed by atoms with Crippen LogP contribution in [0.25, 0.3) is 0 Å². The highest BCUT2D eigenvalue weighted by Crippen LogP contribution is 2.35. The first-order valence-electron chi connectivity index (χ1n) is 16.8. The Morgan fingerprint density at radius 1 is 0.814 bits per heavy atom. The van der Waals surface area contributed by atoms with Crippen molar-refractivity contribution in [3.63, 3.8) is 0 Å². The summed E-state index contributed by atoms with van der Waals surface area (Å²) in [5.41, 5.74) is 1.90. The molecule has 2 aliphatic rings. The molecule has 2 N–H and O–H groups in total. The number of unbranched alkanes of at least 4 members (excludes halogenated alkanes) is 12. The van der Waals surface area contributed by atoms with Crippen LogP contribution < -0.4 is 5.32 Å². The predicted molar refractivity (Wildman–Crippen MR) is 168 cm³/mol. The Morgan fingerprint density at radius 2 is 1.40 bits per heavy atom. The molecular formula is C36H53NO6. The largest absolute Gasteiger partial charge is 0.368 e. The molecular weight excluding hydrogens is 542 g/mol. The SMILES string of the molecule is CCCCCCCCCCCCCCCC(=O)N[C@@H]1[C@@H](OCc2ccccc2)[C@@H]2OC(c3ccccc3)OC[C@H]2O[C@H]1O. The average Bonchev–Trinajstić information content (AvgIpc) is 3.04. The third-order valence-corrected chi connectivity index (χ3v) is 8.55. The van der Waals surface area contributed by atoms with Gasteiger partial charge in [-0.1, -0.05) is 145 Å². The van der Waals surface area contributed by atoms with Crippen molar-refractivity contribution in [3.8, 4) is 0 Å². The van der Waals surface area contributed by atoms with Gasteiger partial charge in [-0.05, 0) is 12.0 Å². The standard InChI is InChI=1S/C36H53NO6/c1-2-3-4-5-6-7-8-9-10-11-12-13-20-25-31(38)37-32-34(40-26-28-21-16-14-17-22-28)33-30(42-35(32)39)27-41-36(43-33)29-23-18-15-19-24-29/h14-19,21-24,30,32-36,39H,2-13,20,25-27H2,1H3,(H,37,38)/t30-,32-,33-,34-,35-,36?/m1/s1. The van der Waals surface area contributed by atoms with E-state index in [4.69, 9.17) is 18.9 Å². The number of aliphatic hydroxyl groups excluding tert-OH is 1. The monoisotopic (exact) mass is 595 g/mol. The average molecular weight is 596 g/mol. The van der Waals surface area contributed by atoms with Crippen LogP contribution in [0.2, 0.25) is 0 Å². The number of rotatable bonds is 19. The maximum atomic E-state index is 13.0. The number of hydrogen-bond donors (Lipinski definition) is 2. The summed E-state index contributed by atoms with van der Waals surface area (Å²) < 4.78 is 24.6. The molecule has 238 valence electrons. The fourth-order valence-corrected chi connectivity index (χ4v) is 6.05. The molecule has 0 aromatic heterocycles. The zero-order chi connectivity index (χ0) is 30.1. The van der Waals surface area contributed by atoms with Crippen LogP contribution >= 0.6 is 0 Å². The van der Waals surface area contributed by atoms with Gasteiger partial charge in [-0.2, -0.15) is 0 Å². The topological polar surface area (TPSA) is 86.3 Å². The summed E-state index contributed by atoms with van der Waals surface area (Å²) in [6.07, 6.45) is 13.4. The minimum absolute atomic E-state index is 0.103. The third kappa shape index (κ3) is 11.3. The first-order chi connectivity index (χ1) is 21.2. The number of hydrogen-bond acceptors (Lipinski definition) is 6. The molecule has 1 amide bonds. The summed E-state index contributed by atoms with van der Waals surface area (Å²) in [6, 6.07) is 18.9. The Hall–Kier alpha value is -2.29. The molecule has 4 rings (SSSR count). The molecule has 2 saturated heterocycles.